The van der Waals surface area contributed by atoms with Crippen LogP contribution in [0.5, 0.6) is 5.75 Å². The van der Waals surface area contributed by atoms with Gasteiger partial charge in [-0.3, -0.25) is 0 Å². The summed E-state index contributed by atoms with van der Waals surface area (Å²) in [6.07, 6.45) is 4.22. The minimum atomic E-state index is -0.0522. The van der Waals surface area contributed by atoms with Gasteiger partial charge in [0.1, 0.15) is 5.75 Å². The van der Waals surface area contributed by atoms with E-state index in [2.05, 4.69) is 32.2 Å². The van der Waals surface area contributed by atoms with E-state index < -0.39 is 0 Å². The third kappa shape index (κ3) is 6.91. The molecule has 0 aliphatic rings. The number of hydrogen-bond acceptors (Lipinski definition) is 2. The molecule has 2 aromatic carbocycles. The van der Waals surface area contributed by atoms with Crippen molar-refractivity contribution in [1.82, 2.24) is 4.90 Å². The second kappa shape index (κ2) is 11.4. The number of amides is 2. The number of rotatable bonds is 10. The van der Waals surface area contributed by atoms with Crippen molar-refractivity contribution in [2.75, 3.05) is 18.5 Å². The molecule has 0 bridgehead atoms. The fourth-order valence-electron chi connectivity index (χ4n) is 3.00. The third-order valence-electron chi connectivity index (χ3n) is 4.76. The van der Waals surface area contributed by atoms with Gasteiger partial charge in [-0.2, -0.15) is 0 Å². The lowest BCUT2D eigenvalue weighted by molar-refractivity contribution is 0.208. The molecule has 0 aliphatic heterocycles. The highest BCUT2D eigenvalue weighted by atomic mass is 16.5. The summed E-state index contributed by atoms with van der Waals surface area (Å²) in [5.41, 5.74) is 4.25. The maximum atomic E-state index is 12.9. The standard InChI is InChI=1S/C24H34N2O2/c1-5-7-15-26(24(27)25-23-14-9-19(3)17-20(23)4)18-21-10-12-22(13-11-21)28-16-8-6-2/h9-14,17H,5-8,15-16,18H2,1-4H3,(H,25,27). The van der Waals surface area contributed by atoms with Gasteiger partial charge in [0, 0.05) is 18.8 Å². The summed E-state index contributed by atoms with van der Waals surface area (Å²) in [5.74, 6) is 0.886. The maximum Gasteiger partial charge on any atom is 0.322 e. The molecule has 0 saturated heterocycles. The minimum absolute atomic E-state index is 0.0522. The van der Waals surface area contributed by atoms with Crippen LogP contribution in [-0.4, -0.2) is 24.1 Å². The summed E-state index contributed by atoms with van der Waals surface area (Å²) in [7, 11) is 0. The summed E-state index contributed by atoms with van der Waals surface area (Å²) >= 11 is 0. The highest BCUT2D eigenvalue weighted by Crippen LogP contribution is 2.18. The van der Waals surface area contributed by atoms with Gasteiger partial charge in [-0.25, -0.2) is 4.79 Å². The lowest BCUT2D eigenvalue weighted by Gasteiger charge is -2.24. The van der Waals surface area contributed by atoms with Gasteiger partial charge in [0.25, 0.3) is 0 Å². The molecule has 152 valence electrons. The van der Waals surface area contributed by atoms with E-state index in [4.69, 9.17) is 4.74 Å². The fraction of sp³-hybridized carbons (Fsp3) is 0.458. The largest absolute Gasteiger partial charge is 0.494 e. The number of benzene rings is 2. The van der Waals surface area contributed by atoms with E-state index in [9.17, 15) is 4.79 Å². The van der Waals surface area contributed by atoms with E-state index in [0.29, 0.717) is 6.54 Å². The zero-order valence-corrected chi connectivity index (χ0v) is 17.8. The number of carbonyl (C=O) groups excluding carboxylic acids is 1. The Kier molecular flexibility index (Phi) is 8.86. The average molecular weight is 383 g/mol. The van der Waals surface area contributed by atoms with Crippen molar-refractivity contribution < 1.29 is 9.53 Å². The van der Waals surface area contributed by atoms with Crippen LogP contribution in [0, 0.1) is 13.8 Å². The van der Waals surface area contributed by atoms with Crippen LogP contribution in [0.1, 0.15) is 56.2 Å². The SMILES string of the molecule is CCCCOc1ccc(CN(CCCC)C(=O)Nc2ccc(C)cc2C)cc1. The number of carbonyl (C=O) groups is 1. The number of unbranched alkanes of at least 4 members (excludes halogenated alkanes) is 2. The van der Waals surface area contributed by atoms with Gasteiger partial charge in [-0.1, -0.05) is 56.5 Å². The molecule has 2 aromatic rings. The van der Waals surface area contributed by atoms with E-state index in [-0.39, 0.29) is 6.03 Å². The van der Waals surface area contributed by atoms with Crippen LogP contribution in [0.2, 0.25) is 0 Å². The molecule has 28 heavy (non-hydrogen) atoms. The summed E-state index contributed by atoms with van der Waals surface area (Å²) in [4.78, 5) is 14.8. The first-order valence-electron chi connectivity index (χ1n) is 10.4. The van der Waals surface area contributed by atoms with Gasteiger partial charge >= 0.3 is 6.03 Å². The van der Waals surface area contributed by atoms with Crippen molar-refractivity contribution in [1.29, 1.82) is 0 Å². The fourth-order valence-corrected chi connectivity index (χ4v) is 3.00. The monoisotopic (exact) mass is 382 g/mol. The number of aryl methyl sites for hydroxylation is 2. The van der Waals surface area contributed by atoms with Crippen LogP contribution in [0.25, 0.3) is 0 Å². The van der Waals surface area contributed by atoms with Crippen molar-refractivity contribution in [3.05, 3.63) is 59.2 Å². The molecule has 0 radical (unpaired) electrons. The first-order valence-corrected chi connectivity index (χ1v) is 10.4. The molecular formula is C24H34N2O2. The Morgan fingerprint density at radius 2 is 1.71 bits per heavy atom. The second-order valence-corrected chi connectivity index (χ2v) is 7.37. The van der Waals surface area contributed by atoms with E-state index in [1.54, 1.807) is 0 Å². The van der Waals surface area contributed by atoms with E-state index in [0.717, 1.165) is 61.4 Å². The van der Waals surface area contributed by atoms with Gasteiger partial charge in [0.05, 0.1) is 6.61 Å². The van der Waals surface area contributed by atoms with Gasteiger partial charge in [-0.05, 0) is 56.0 Å². The quantitative estimate of drug-likeness (QED) is 0.489. The van der Waals surface area contributed by atoms with Crippen LogP contribution in [0.3, 0.4) is 0 Å². The lowest BCUT2D eigenvalue weighted by Crippen LogP contribution is -2.35. The highest BCUT2D eigenvalue weighted by molar-refractivity contribution is 5.90. The number of nitrogens with one attached hydrogen (secondary N) is 1. The van der Waals surface area contributed by atoms with Crippen molar-refractivity contribution >= 4 is 11.7 Å². The van der Waals surface area contributed by atoms with Crippen molar-refractivity contribution in [3.8, 4) is 5.75 Å². The lowest BCUT2D eigenvalue weighted by atomic mass is 10.1. The predicted molar refractivity (Wildman–Crippen MR) is 117 cm³/mol. The second-order valence-electron chi connectivity index (χ2n) is 7.37. The van der Waals surface area contributed by atoms with Crippen molar-refractivity contribution in [2.24, 2.45) is 0 Å². The van der Waals surface area contributed by atoms with E-state index in [1.165, 1.54) is 5.56 Å². The molecule has 0 fully saturated rings. The van der Waals surface area contributed by atoms with Crippen LogP contribution >= 0.6 is 0 Å². The number of hydrogen-bond donors (Lipinski definition) is 1. The summed E-state index contributed by atoms with van der Waals surface area (Å²) in [6.45, 7) is 10.5. The van der Waals surface area contributed by atoms with Crippen LogP contribution in [-0.2, 0) is 6.54 Å². The average Bonchev–Trinajstić information content (AvgIpc) is 2.68. The smallest absolute Gasteiger partial charge is 0.322 e. The Bertz CT molecular complexity index is 741. The summed E-state index contributed by atoms with van der Waals surface area (Å²) < 4.78 is 5.73. The molecule has 0 spiro atoms. The Morgan fingerprint density at radius 1 is 1.00 bits per heavy atom. The summed E-state index contributed by atoms with van der Waals surface area (Å²) in [5, 5.41) is 3.07. The van der Waals surface area contributed by atoms with Crippen molar-refractivity contribution in [2.45, 2.75) is 59.9 Å². The normalized spacial score (nSPS) is 10.6. The molecule has 0 aliphatic carbocycles. The molecule has 0 atom stereocenters. The molecule has 4 heteroatoms. The van der Waals surface area contributed by atoms with Crippen molar-refractivity contribution in [3.63, 3.8) is 0 Å². The Balaban J connectivity index is 2.02. The van der Waals surface area contributed by atoms with Gasteiger partial charge in [0.2, 0.25) is 0 Å². The molecule has 0 aromatic heterocycles. The number of anilines is 1. The first-order chi connectivity index (χ1) is 13.5. The van der Waals surface area contributed by atoms with Gasteiger partial charge in [-0.15, -0.1) is 0 Å². The van der Waals surface area contributed by atoms with Gasteiger partial charge in [0.15, 0.2) is 0 Å². The van der Waals surface area contributed by atoms with Gasteiger partial charge < -0.3 is 15.0 Å². The van der Waals surface area contributed by atoms with E-state index in [1.807, 2.05) is 48.2 Å². The topological polar surface area (TPSA) is 41.6 Å². The maximum absolute atomic E-state index is 12.9. The van der Waals surface area contributed by atoms with Crippen LogP contribution in [0.15, 0.2) is 42.5 Å². The Hall–Kier alpha value is -2.49. The highest BCUT2D eigenvalue weighted by Gasteiger charge is 2.15. The molecular weight excluding hydrogens is 348 g/mol. The predicted octanol–water partition coefficient (Wildman–Crippen LogP) is 6.32. The molecule has 4 nitrogen and oxygen atoms in total. The van der Waals surface area contributed by atoms with E-state index >= 15 is 0 Å². The van der Waals surface area contributed by atoms with Crippen LogP contribution < -0.4 is 10.1 Å². The number of ether oxygens (including phenoxy) is 1. The Morgan fingerprint density at radius 3 is 2.36 bits per heavy atom. The summed E-state index contributed by atoms with van der Waals surface area (Å²) in [6, 6.07) is 14.1. The minimum Gasteiger partial charge on any atom is -0.494 e. The zero-order chi connectivity index (χ0) is 20.4. The third-order valence-corrected chi connectivity index (χ3v) is 4.76. The first kappa shape index (κ1) is 21.8. The van der Waals surface area contributed by atoms with Crippen LogP contribution in [0.4, 0.5) is 10.5 Å². The molecule has 0 heterocycles. The molecule has 0 saturated carbocycles. The molecule has 2 amide bonds. The number of urea groups is 1. The molecule has 2 rings (SSSR count). The molecule has 1 N–H and O–H groups in total. The molecule has 0 unspecified atom stereocenters. The number of nitrogens with zero attached hydrogens (tertiary/aromatic N) is 1. The zero-order valence-electron chi connectivity index (χ0n) is 17.8. The Labute approximate surface area is 169 Å².